The van der Waals surface area contributed by atoms with Crippen molar-refractivity contribution < 1.29 is 38.2 Å². The lowest BCUT2D eigenvalue weighted by Crippen LogP contribution is -2.59. The number of hydrogen-bond acceptors (Lipinski definition) is 15. The number of carbonyl (C=O) groups is 6. The normalized spacial score (nSPS) is 21.0. The molecular weight excluding hydrogens is 1170 g/mol. The standard InChI is InChI=1S/C32H40ClN5O4S.C31H39ClN6O4S/c1-21(2)29-32(41)37-25(12-13-28-35-16-18-43-28)30(39)36-14-6-9-23-8-3-4-11-27(23)42-17-15-34-26(31(40)38-29)20-22-7-5-10-24(33)19-22;1-20(2)27-30(41)37-25(19-36-31-35-14-16-43-31)28(39)34-12-6-9-22-8-3-4-11-26(22)42-15-13-33-24(29(40)38-27)18-21-7-5-10-23(32)17-21/h3-5,7-8,10-11,16,18-19,21,25-26,29,34H,6,9,12-15,17,20H2,1-2H3,(H,36,39)(H,37,41)(H,38,40);3-5,7-8,10-11,14,16-17,20,24-25,27,33H,6,9,12-13,15,18-19H2,1-2H3,(H,34,39)(H,35,36)(H,37,41)(H,38,40)/t25-,26+,29+;24-,25+,27-/m01/s1. The third kappa shape index (κ3) is 21.7. The summed E-state index contributed by atoms with van der Waals surface area (Å²) < 4.78 is 12.2. The number of thiazole rings is 2. The maximum absolute atomic E-state index is 13.7. The molecule has 0 saturated carbocycles. The molecule has 6 amide bonds. The third-order valence-electron chi connectivity index (χ3n) is 14.4. The number of anilines is 1. The highest BCUT2D eigenvalue weighted by atomic mass is 35.5. The zero-order valence-electron chi connectivity index (χ0n) is 49.0. The fourth-order valence-electron chi connectivity index (χ4n) is 9.76. The van der Waals surface area contributed by atoms with Gasteiger partial charge < -0.3 is 57.3 Å². The topological polar surface area (TPSA) is 255 Å². The summed E-state index contributed by atoms with van der Waals surface area (Å²) in [6, 6.07) is 25.7. The Morgan fingerprint density at radius 2 is 1.03 bits per heavy atom. The molecule has 86 heavy (non-hydrogen) atoms. The summed E-state index contributed by atoms with van der Waals surface area (Å²) in [7, 11) is 0. The average molecular weight is 1250 g/mol. The van der Waals surface area contributed by atoms with E-state index in [1.54, 1.807) is 24.5 Å². The Labute approximate surface area is 521 Å². The molecule has 9 N–H and O–H groups in total. The second-order valence-corrected chi connectivity index (χ2v) is 24.4. The molecule has 6 aromatic rings. The summed E-state index contributed by atoms with van der Waals surface area (Å²) in [6.07, 6.45) is 7.87. The first-order valence-electron chi connectivity index (χ1n) is 29.3. The molecule has 460 valence electrons. The minimum absolute atomic E-state index is 0.138. The molecule has 4 heterocycles. The Balaban J connectivity index is 0.000000246. The molecule has 0 unspecified atom stereocenters. The van der Waals surface area contributed by atoms with Gasteiger partial charge in [0.2, 0.25) is 35.4 Å². The molecule has 0 aliphatic carbocycles. The fraction of sp³-hybridized carbons (Fsp3) is 0.429. The van der Waals surface area contributed by atoms with Crippen LogP contribution in [0.1, 0.15) is 74.2 Å². The molecule has 19 nitrogen and oxygen atoms in total. The number of ether oxygens (including phenoxy) is 2. The van der Waals surface area contributed by atoms with Crippen LogP contribution in [0.25, 0.3) is 0 Å². The van der Waals surface area contributed by atoms with Gasteiger partial charge in [0.1, 0.15) is 48.9 Å². The van der Waals surface area contributed by atoms with Crippen LogP contribution in [0.15, 0.2) is 120 Å². The van der Waals surface area contributed by atoms with E-state index in [-0.39, 0.29) is 42.0 Å². The van der Waals surface area contributed by atoms with Crippen molar-refractivity contribution in [1.82, 2.24) is 52.5 Å². The van der Waals surface area contributed by atoms with Crippen molar-refractivity contribution in [3.63, 3.8) is 0 Å². The fourth-order valence-corrected chi connectivity index (χ4v) is 11.4. The number of fused-ring (bicyclic) bond motifs is 2. The number of aromatic nitrogens is 2. The molecule has 2 aromatic heterocycles. The van der Waals surface area contributed by atoms with Crippen molar-refractivity contribution in [3.05, 3.63) is 158 Å². The first kappa shape index (κ1) is 66.4. The third-order valence-corrected chi connectivity index (χ3v) is 16.4. The summed E-state index contributed by atoms with van der Waals surface area (Å²) in [4.78, 5) is 89.6. The van der Waals surface area contributed by atoms with E-state index >= 15 is 0 Å². The molecule has 4 aromatic carbocycles. The number of halogens is 2. The predicted molar refractivity (Wildman–Crippen MR) is 339 cm³/mol. The van der Waals surface area contributed by atoms with Gasteiger partial charge >= 0.3 is 0 Å². The summed E-state index contributed by atoms with van der Waals surface area (Å²) in [6.45, 7) is 9.97. The molecule has 0 saturated heterocycles. The Hall–Kier alpha value is -7.14. The minimum Gasteiger partial charge on any atom is -0.492 e. The summed E-state index contributed by atoms with van der Waals surface area (Å²) in [5, 5.41) is 33.8. The number of nitrogens with one attached hydrogen (secondary N) is 9. The number of nitrogens with zero attached hydrogens (tertiary/aromatic N) is 2. The van der Waals surface area contributed by atoms with Gasteiger partial charge in [-0.2, -0.15) is 0 Å². The number of carbonyl (C=O) groups excluding carboxylic acids is 6. The maximum atomic E-state index is 13.7. The second kappa shape index (κ2) is 34.9. The van der Waals surface area contributed by atoms with E-state index < -0.39 is 48.1 Å². The van der Waals surface area contributed by atoms with Crippen molar-refractivity contribution in [1.29, 1.82) is 0 Å². The van der Waals surface area contributed by atoms with E-state index in [9.17, 15) is 28.8 Å². The molecule has 23 heteroatoms. The van der Waals surface area contributed by atoms with Gasteiger partial charge in [-0.1, -0.05) is 112 Å². The minimum atomic E-state index is -0.885. The molecule has 6 atom stereocenters. The Morgan fingerprint density at radius 3 is 1.51 bits per heavy atom. The molecule has 2 aliphatic heterocycles. The molecule has 2 aliphatic rings. The van der Waals surface area contributed by atoms with Crippen LogP contribution in [-0.2, 0) is 60.9 Å². The largest absolute Gasteiger partial charge is 0.492 e. The van der Waals surface area contributed by atoms with Crippen LogP contribution in [-0.4, -0.2) is 128 Å². The van der Waals surface area contributed by atoms with Gasteiger partial charge in [0.15, 0.2) is 5.13 Å². The van der Waals surface area contributed by atoms with E-state index in [1.807, 2.05) is 123 Å². The maximum Gasteiger partial charge on any atom is 0.244 e. The van der Waals surface area contributed by atoms with E-state index in [2.05, 4.69) is 57.8 Å². The average Bonchev–Trinajstić information content (AvgIpc) is 4.33. The van der Waals surface area contributed by atoms with Gasteiger partial charge in [-0.05, 0) is 115 Å². The first-order valence-corrected chi connectivity index (χ1v) is 31.8. The zero-order valence-corrected chi connectivity index (χ0v) is 52.2. The summed E-state index contributed by atoms with van der Waals surface area (Å²) in [5.74, 6) is -0.988. The van der Waals surface area contributed by atoms with Crippen molar-refractivity contribution in [2.24, 2.45) is 11.8 Å². The lowest BCUT2D eigenvalue weighted by Gasteiger charge is -2.27. The monoisotopic (exact) mass is 1250 g/mol. The van der Waals surface area contributed by atoms with Crippen LogP contribution in [0.5, 0.6) is 11.5 Å². The number of benzene rings is 4. The Morgan fingerprint density at radius 1 is 0.547 bits per heavy atom. The van der Waals surface area contributed by atoms with Crippen molar-refractivity contribution in [3.8, 4) is 11.5 Å². The SMILES string of the molecule is CC(C)[C@H]1NC(=O)[C@@H](Cc2cccc(Cl)c2)NCCOc2ccccc2CCCNC(=O)[C@H](CCc2nccs2)NC1=O.CC(C)[C@H]1NC(=O)[C@@H](Cc2cccc(Cl)c2)NCCOc2ccccc2CCCNC(=O)[C@H](CNc2nccs2)NC1=O. The highest BCUT2D eigenvalue weighted by Crippen LogP contribution is 2.22. The van der Waals surface area contributed by atoms with Gasteiger partial charge in [0.05, 0.1) is 17.1 Å². The second-order valence-electron chi connectivity index (χ2n) is 21.6. The highest BCUT2D eigenvalue weighted by Gasteiger charge is 2.33. The predicted octanol–water partition coefficient (Wildman–Crippen LogP) is 6.87. The van der Waals surface area contributed by atoms with Gasteiger partial charge in [-0.3, -0.25) is 28.8 Å². The van der Waals surface area contributed by atoms with Gasteiger partial charge in [-0.15, -0.1) is 22.7 Å². The Bertz CT molecular complexity index is 2910. The number of rotatable bonds is 12. The van der Waals surface area contributed by atoms with Crippen molar-refractivity contribution >= 4 is 86.5 Å². The molecule has 8 rings (SSSR count). The lowest BCUT2D eigenvalue weighted by molar-refractivity contribution is -0.133. The van der Waals surface area contributed by atoms with Crippen LogP contribution in [0.2, 0.25) is 10.0 Å². The van der Waals surface area contributed by atoms with Crippen molar-refractivity contribution in [2.45, 2.75) is 115 Å². The van der Waals surface area contributed by atoms with Crippen molar-refractivity contribution in [2.75, 3.05) is 51.3 Å². The number of aryl methyl sites for hydroxylation is 3. The molecular formula is C63H79Cl2N11O8S2. The molecule has 0 radical (unpaired) electrons. The highest BCUT2D eigenvalue weighted by molar-refractivity contribution is 7.13. The van der Waals surface area contributed by atoms with Gasteiger partial charge in [-0.25, -0.2) is 9.97 Å². The van der Waals surface area contributed by atoms with Crippen LogP contribution < -0.4 is 57.3 Å². The first-order chi connectivity index (χ1) is 41.6. The Kier molecular flexibility index (Phi) is 26.9. The van der Waals surface area contributed by atoms with Crippen LogP contribution in [0.4, 0.5) is 5.13 Å². The summed E-state index contributed by atoms with van der Waals surface area (Å²) in [5.41, 5.74) is 3.84. The summed E-state index contributed by atoms with van der Waals surface area (Å²) >= 11 is 15.3. The lowest BCUT2D eigenvalue weighted by atomic mass is 10.00. The number of hydrogen-bond donors (Lipinski definition) is 9. The quantitative estimate of drug-likeness (QED) is 0.0607. The zero-order chi connectivity index (χ0) is 61.2. The van der Waals surface area contributed by atoms with E-state index in [4.69, 9.17) is 32.7 Å². The molecule has 0 spiro atoms. The molecule has 0 bridgehead atoms. The number of amides is 6. The van der Waals surface area contributed by atoms with Crippen LogP contribution in [0, 0.1) is 11.8 Å². The van der Waals surface area contributed by atoms with E-state index in [0.29, 0.717) is 99.5 Å². The van der Waals surface area contributed by atoms with Gasteiger partial charge in [0, 0.05) is 72.3 Å². The van der Waals surface area contributed by atoms with Crippen LogP contribution >= 0.6 is 45.9 Å². The van der Waals surface area contributed by atoms with E-state index in [0.717, 1.165) is 45.2 Å². The molecule has 0 fully saturated rings. The smallest absolute Gasteiger partial charge is 0.244 e. The van der Waals surface area contributed by atoms with E-state index in [1.165, 1.54) is 22.7 Å². The number of para-hydroxylation sites is 2. The van der Waals surface area contributed by atoms with Gasteiger partial charge in [0.25, 0.3) is 0 Å². The van der Waals surface area contributed by atoms with Crippen LogP contribution in [0.3, 0.4) is 0 Å².